The highest BCUT2D eigenvalue weighted by Gasteiger charge is 2.41. The van der Waals surface area contributed by atoms with E-state index in [0.717, 1.165) is 45.0 Å². The summed E-state index contributed by atoms with van der Waals surface area (Å²) in [6.07, 6.45) is 3.11. The summed E-state index contributed by atoms with van der Waals surface area (Å²) >= 11 is 0. The molecule has 0 radical (unpaired) electrons. The van der Waals surface area contributed by atoms with Crippen LogP contribution in [0.5, 0.6) is 0 Å². The van der Waals surface area contributed by atoms with E-state index in [1.807, 2.05) is 11.8 Å². The van der Waals surface area contributed by atoms with Gasteiger partial charge in [-0.1, -0.05) is 6.07 Å². The number of amides is 2. The Morgan fingerprint density at radius 3 is 2.40 bits per heavy atom. The van der Waals surface area contributed by atoms with Gasteiger partial charge in [-0.3, -0.25) is 9.59 Å². The number of anilines is 1. The van der Waals surface area contributed by atoms with Gasteiger partial charge in [0.25, 0.3) is 11.8 Å². The van der Waals surface area contributed by atoms with Gasteiger partial charge in [0.05, 0.1) is 0 Å². The van der Waals surface area contributed by atoms with E-state index in [1.165, 1.54) is 6.92 Å². The Morgan fingerprint density at radius 1 is 1.20 bits per heavy atom. The number of hydrogen-bond donors (Lipinski definition) is 2. The number of carbonyl (C=O) groups excluding carboxylic acids is 2. The van der Waals surface area contributed by atoms with Crippen LogP contribution in [-0.4, -0.2) is 53.6 Å². The van der Waals surface area contributed by atoms with Crippen LogP contribution in [0.2, 0.25) is 0 Å². The molecule has 0 aromatic heterocycles. The van der Waals surface area contributed by atoms with Gasteiger partial charge in [0.1, 0.15) is 0 Å². The number of aryl methyl sites for hydroxylation is 1. The first-order valence-electron chi connectivity index (χ1n) is 8.29. The maximum Gasteiger partial charge on any atom is 0.345 e. The van der Waals surface area contributed by atoms with Crippen molar-refractivity contribution in [3.8, 4) is 0 Å². The molecule has 1 saturated heterocycles. The van der Waals surface area contributed by atoms with Crippen molar-refractivity contribution in [1.82, 2.24) is 4.90 Å². The summed E-state index contributed by atoms with van der Waals surface area (Å²) in [5, 5.41) is 11.7. The summed E-state index contributed by atoms with van der Waals surface area (Å²) in [7, 11) is 1.16. The van der Waals surface area contributed by atoms with Gasteiger partial charge in [0.2, 0.25) is 5.60 Å². The number of piperidine rings is 1. The molecule has 7 nitrogen and oxygen atoms in total. The monoisotopic (exact) mass is 348 g/mol. The number of carboxylic acids is 1. The average molecular weight is 348 g/mol. The summed E-state index contributed by atoms with van der Waals surface area (Å²) in [6.45, 7) is 4.48. The van der Waals surface area contributed by atoms with Crippen LogP contribution in [-0.2, 0) is 14.3 Å². The second-order valence-corrected chi connectivity index (χ2v) is 6.38. The summed E-state index contributed by atoms with van der Waals surface area (Å²) in [6, 6.07) is 4.96. The van der Waals surface area contributed by atoms with Crippen LogP contribution in [0.25, 0.3) is 0 Å². The molecule has 25 heavy (non-hydrogen) atoms. The fourth-order valence-electron chi connectivity index (χ4n) is 2.72. The standard InChI is InChI=1S/C18H24N2O5/c1-12-7-8-13(19-16(22)18(2,25-3)17(23)24)11-14(12)15(21)20-9-5-4-6-10-20/h7-8,11H,4-6,9-10H2,1-3H3,(H,19,22)(H,23,24). The Balaban J connectivity index is 2.22. The Labute approximate surface area is 147 Å². The van der Waals surface area contributed by atoms with Crippen molar-refractivity contribution in [3.63, 3.8) is 0 Å². The number of carbonyl (C=O) groups is 3. The zero-order valence-electron chi connectivity index (χ0n) is 14.8. The van der Waals surface area contributed by atoms with Crippen molar-refractivity contribution < 1.29 is 24.2 Å². The minimum atomic E-state index is -2.00. The van der Waals surface area contributed by atoms with E-state index in [9.17, 15) is 19.5 Å². The number of likely N-dealkylation sites (tertiary alicyclic amines) is 1. The van der Waals surface area contributed by atoms with E-state index in [2.05, 4.69) is 5.32 Å². The number of nitrogens with one attached hydrogen (secondary N) is 1. The van der Waals surface area contributed by atoms with Gasteiger partial charge in [0.15, 0.2) is 0 Å². The van der Waals surface area contributed by atoms with E-state index in [4.69, 9.17) is 4.74 Å². The van der Waals surface area contributed by atoms with E-state index >= 15 is 0 Å². The Hall–Kier alpha value is -2.41. The van der Waals surface area contributed by atoms with Crippen molar-refractivity contribution in [2.24, 2.45) is 0 Å². The van der Waals surface area contributed by atoms with E-state index in [0.29, 0.717) is 11.3 Å². The Bertz CT molecular complexity index is 682. The predicted molar refractivity (Wildman–Crippen MR) is 92.6 cm³/mol. The van der Waals surface area contributed by atoms with Gasteiger partial charge in [-0.15, -0.1) is 0 Å². The molecule has 1 heterocycles. The topological polar surface area (TPSA) is 95.9 Å². The summed E-state index contributed by atoms with van der Waals surface area (Å²) in [5.41, 5.74) is -0.321. The fourth-order valence-corrected chi connectivity index (χ4v) is 2.72. The molecular weight excluding hydrogens is 324 g/mol. The number of carboxylic acid groups (broad SMARTS) is 1. The fraction of sp³-hybridized carbons (Fsp3) is 0.500. The van der Waals surface area contributed by atoms with Crippen molar-refractivity contribution in [2.45, 2.75) is 38.7 Å². The second-order valence-electron chi connectivity index (χ2n) is 6.38. The van der Waals surface area contributed by atoms with Crippen LogP contribution in [0.1, 0.15) is 42.1 Å². The summed E-state index contributed by atoms with van der Waals surface area (Å²) in [4.78, 5) is 38.1. The molecule has 136 valence electrons. The lowest BCUT2D eigenvalue weighted by molar-refractivity contribution is -0.165. The molecule has 1 aromatic carbocycles. The van der Waals surface area contributed by atoms with Crippen LogP contribution >= 0.6 is 0 Å². The van der Waals surface area contributed by atoms with Gasteiger partial charge in [0, 0.05) is 31.5 Å². The first-order valence-corrected chi connectivity index (χ1v) is 8.29. The highest BCUT2D eigenvalue weighted by molar-refractivity contribution is 6.11. The number of ether oxygens (including phenoxy) is 1. The second kappa shape index (κ2) is 7.65. The van der Waals surface area contributed by atoms with Gasteiger partial charge >= 0.3 is 5.97 Å². The maximum absolute atomic E-state index is 12.7. The molecule has 0 aliphatic carbocycles. The zero-order chi connectivity index (χ0) is 18.6. The molecule has 0 bridgehead atoms. The van der Waals surface area contributed by atoms with Gasteiger partial charge in [-0.2, -0.15) is 0 Å². The average Bonchev–Trinajstić information content (AvgIpc) is 2.62. The lowest BCUT2D eigenvalue weighted by Gasteiger charge is -2.27. The smallest absolute Gasteiger partial charge is 0.345 e. The van der Waals surface area contributed by atoms with Crippen molar-refractivity contribution in [3.05, 3.63) is 29.3 Å². The molecule has 1 unspecified atom stereocenters. The molecule has 7 heteroatoms. The maximum atomic E-state index is 12.7. The highest BCUT2D eigenvalue weighted by atomic mass is 16.5. The number of methoxy groups -OCH3 is 1. The molecule has 0 spiro atoms. The molecule has 2 rings (SSSR count). The number of aliphatic carboxylic acids is 1. The van der Waals surface area contributed by atoms with Crippen molar-refractivity contribution in [1.29, 1.82) is 0 Å². The molecule has 1 atom stereocenters. The number of rotatable bonds is 5. The van der Waals surface area contributed by atoms with Crippen molar-refractivity contribution in [2.75, 3.05) is 25.5 Å². The third kappa shape index (κ3) is 3.99. The van der Waals surface area contributed by atoms with Crippen LogP contribution in [0.15, 0.2) is 18.2 Å². The van der Waals surface area contributed by atoms with Crippen LogP contribution in [0.3, 0.4) is 0 Å². The summed E-state index contributed by atoms with van der Waals surface area (Å²) in [5.74, 6) is -2.26. The first-order chi connectivity index (χ1) is 11.8. The third-order valence-electron chi connectivity index (χ3n) is 4.62. The SMILES string of the molecule is COC(C)(C(=O)O)C(=O)Nc1ccc(C)c(C(=O)N2CCCCC2)c1. The van der Waals surface area contributed by atoms with Crippen LogP contribution in [0.4, 0.5) is 5.69 Å². The molecule has 1 aromatic rings. The molecule has 2 N–H and O–H groups in total. The molecule has 1 aliphatic heterocycles. The zero-order valence-corrected chi connectivity index (χ0v) is 14.8. The quantitative estimate of drug-likeness (QED) is 0.794. The lowest BCUT2D eigenvalue weighted by atomic mass is 10.0. The van der Waals surface area contributed by atoms with E-state index < -0.39 is 17.5 Å². The highest BCUT2D eigenvalue weighted by Crippen LogP contribution is 2.21. The molecule has 1 aliphatic rings. The molecule has 2 amide bonds. The number of benzene rings is 1. The number of hydrogen-bond acceptors (Lipinski definition) is 4. The third-order valence-corrected chi connectivity index (χ3v) is 4.62. The van der Waals surface area contributed by atoms with E-state index in [1.54, 1.807) is 18.2 Å². The van der Waals surface area contributed by atoms with Gasteiger partial charge < -0.3 is 20.1 Å². The predicted octanol–water partition coefficient (Wildman–Crippen LogP) is 2.05. The van der Waals surface area contributed by atoms with Crippen LogP contribution < -0.4 is 5.32 Å². The normalized spacial score (nSPS) is 16.8. The minimum Gasteiger partial charge on any atom is -0.479 e. The number of nitrogens with zero attached hydrogens (tertiary/aromatic N) is 1. The minimum absolute atomic E-state index is 0.0685. The largest absolute Gasteiger partial charge is 0.479 e. The molecular formula is C18H24N2O5. The first kappa shape index (κ1) is 18.9. The Kier molecular flexibility index (Phi) is 5.79. The molecule has 1 fully saturated rings. The Morgan fingerprint density at radius 2 is 1.84 bits per heavy atom. The van der Waals surface area contributed by atoms with E-state index in [-0.39, 0.29) is 5.91 Å². The van der Waals surface area contributed by atoms with Crippen LogP contribution in [0, 0.1) is 6.92 Å². The van der Waals surface area contributed by atoms with Crippen molar-refractivity contribution >= 4 is 23.5 Å². The lowest BCUT2D eigenvalue weighted by Crippen LogP contribution is -2.48. The summed E-state index contributed by atoms with van der Waals surface area (Å²) < 4.78 is 4.84. The van der Waals surface area contributed by atoms with Gasteiger partial charge in [-0.05, 0) is 50.8 Å². The van der Waals surface area contributed by atoms with Gasteiger partial charge in [-0.25, -0.2) is 4.79 Å². The molecule has 0 saturated carbocycles.